The molecule has 3 nitrogen and oxygen atoms in total. The van der Waals surface area contributed by atoms with Gasteiger partial charge in [-0.25, -0.2) is 0 Å². The zero-order chi connectivity index (χ0) is 14.7. The minimum atomic E-state index is -0.460. The number of halogens is 4. The van der Waals surface area contributed by atoms with Crippen molar-refractivity contribution in [3.05, 3.63) is 0 Å². The van der Waals surface area contributed by atoms with Gasteiger partial charge in [-0.1, -0.05) is 46.4 Å². The van der Waals surface area contributed by atoms with Crippen molar-refractivity contribution in [2.24, 2.45) is 11.8 Å². The van der Waals surface area contributed by atoms with E-state index in [0.29, 0.717) is 5.78 Å². The second-order valence-electron chi connectivity index (χ2n) is 5.58. The van der Waals surface area contributed by atoms with E-state index in [0.717, 1.165) is 51.9 Å². The largest absolute Gasteiger partial charge is 0.299 e. The summed E-state index contributed by atoms with van der Waals surface area (Å²) in [7, 11) is 0. The molecule has 0 bridgehead atoms. The number of alkyl halides is 4. The van der Waals surface area contributed by atoms with Crippen LogP contribution >= 0.6 is 46.4 Å². The molecular formula is C13H20Cl4N2O. The number of rotatable bonds is 4. The van der Waals surface area contributed by atoms with E-state index in [1.165, 1.54) is 0 Å². The Kier molecular flexibility index (Phi) is 6.71. The Bertz CT molecular complexity index is 294. The number of piperidine rings is 2. The van der Waals surface area contributed by atoms with Gasteiger partial charge in [0.2, 0.25) is 0 Å². The molecule has 2 fully saturated rings. The first-order valence-corrected chi connectivity index (χ1v) is 8.81. The van der Waals surface area contributed by atoms with Crippen LogP contribution in [0.1, 0.15) is 25.7 Å². The van der Waals surface area contributed by atoms with Gasteiger partial charge >= 0.3 is 0 Å². The lowest BCUT2D eigenvalue weighted by atomic mass is 9.81. The van der Waals surface area contributed by atoms with Crippen molar-refractivity contribution in [3.63, 3.8) is 0 Å². The van der Waals surface area contributed by atoms with Crippen LogP contribution in [-0.4, -0.2) is 51.7 Å². The summed E-state index contributed by atoms with van der Waals surface area (Å²) >= 11 is 23.4. The molecule has 0 radical (unpaired) electrons. The first-order chi connectivity index (χ1) is 9.49. The van der Waals surface area contributed by atoms with E-state index < -0.39 is 9.92 Å². The number of ketones is 1. The lowest BCUT2D eigenvalue weighted by Crippen LogP contribution is -2.43. The van der Waals surface area contributed by atoms with Gasteiger partial charge in [-0.2, -0.15) is 0 Å². The van der Waals surface area contributed by atoms with Gasteiger partial charge in [0.1, 0.15) is 5.78 Å². The normalized spacial score (nSPS) is 24.7. The molecule has 2 heterocycles. The Balaban J connectivity index is 1.79. The average Bonchev–Trinajstić information content (AvgIpc) is 2.46. The van der Waals surface area contributed by atoms with Crippen molar-refractivity contribution < 1.29 is 4.79 Å². The lowest BCUT2D eigenvalue weighted by Gasteiger charge is -2.36. The molecule has 2 rings (SSSR count). The van der Waals surface area contributed by atoms with Crippen LogP contribution in [0, 0.1) is 11.8 Å². The Morgan fingerprint density at radius 3 is 1.30 bits per heavy atom. The zero-order valence-electron chi connectivity index (χ0n) is 11.3. The maximum absolute atomic E-state index is 12.5. The number of hydrogen-bond acceptors (Lipinski definition) is 3. The lowest BCUT2D eigenvalue weighted by molar-refractivity contribution is -0.129. The monoisotopic (exact) mass is 360 g/mol. The fourth-order valence-electron chi connectivity index (χ4n) is 3.09. The molecule has 2 aliphatic rings. The third-order valence-electron chi connectivity index (χ3n) is 4.42. The molecule has 0 spiro atoms. The van der Waals surface area contributed by atoms with Gasteiger partial charge in [-0.15, -0.1) is 0 Å². The Morgan fingerprint density at radius 2 is 1.05 bits per heavy atom. The molecular weight excluding hydrogens is 342 g/mol. The summed E-state index contributed by atoms with van der Waals surface area (Å²) in [6.45, 7) is 3.22. The fourth-order valence-corrected chi connectivity index (χ4v) is 3.87. The quantitative estimate of drug-likeness (QED) is 0.565. The molecule has 0 aromatic rings. The molecule has 2 aliphatic heterocycles. The predicted octanol–water partition coefficient (Wildman–Crippen LogP) is 3.50. The number of nitrogens with zero attached hydrogens (tertiary/aromatic N) is 2. The summed E-state index contributed by atoms with van der Waals surface area (Å²) in [6.07, 6.45) is 3.45. The number of carbonyl (C=O) groups excluding carboxylic acids is 1. The molecule has 0 aromatic carbocycles. The maximum atomic E-state index is 12.5. The standard InChI is InChI=1S/C13H20Cl4N2O/c14-12(15)18-5-1-9(2-6-18)11(20)10-3-7-19(8-4-10)13(16)17/h9-10,12-13H,1-8H2. The molecule has 0 amide bonds. The first kappa shape index (κ1) is 17.1. The van der Waals surface area contributed by atoms with Crippen LogP contribution in [0.25, 0.3) is 0 Å². The van der Waals surface area contributed by atoms with Crippen LogP contribution in [0.2, 0.25) is 0 Å². The van der Waals surface area contributed by atoms with Gasteiger partial charge in [0.15, 0.2) is 9.92 Å². The van der Waals surface area contributed by atoms with E-state index in [4.69, 9.17) is 46.4 Å². The summed E-state index contributed by atoms with van der Waals surface area (Å²) < 4.78 is 0. The van der Waals surface area contributed by atoms with Crippen molar-refractivity contribution in [2.75, 3.05) is 26.2 Å². The van der Waals surface area contributed by atoms with E-state index in [9.17, 15) is 4.79 Å². The van der Waals surface area contributed by atoms with Crippen molar-refractivity contribution in [3.8, 4) is 0 Å². The van der Waals surface area contributed by atoms with E-state index in [1.807, 2.05) is 9.80 Å². The smallest absolute Gasteiger partial charge is 0.160 e. The summed E-state index contributed by atoms with van der Waals surface area (Å²) in [4.78, 5) is 15.6. The highest BCUT2D eigenvalue weighted by Gasteiger charge is 2.33. The van der Waals surface area contributed by atoms with E-state index in [2.05, 4.69) is 0 Å². The van der Waals surface area contributed by atoms with Crippen LogP contribution in [0.15, 0.2) is 0 Å². The molecule has 7 heteroatoms. The molecule has 0 atom stereocenters. The summed E-state index contributed by atoms with van der Waals surface area (Å²) in [5, 5.41) is 0. The fraction of sp³-hybridized carbons (Fsp3) is 0.923. The van der Waals surface area contributed by atoms with E-state index in [1.54, 1.807) is 0 Å². The molecule has 0 N–H and O–H groups in total. The molecule has 0 unspecified atom stereocenters. The zero-order valence-corrected chi connectivity index (χ0v) is 14.3. The van der Waals surface area contributed by atoms with Gasteiger partial charge < -0.3 is 0 Å². The summed E-state index contributed by atoms with van der Waals surface area (Å²) in [5.74, 6) is 0.737. The highest BCUT2D eigenvalue weighted by Crippen LogP contribution is 2.29. The van der Waals surface area contributed by atoms with Gasteiger partial charge in [-0.3, -0.25) is 14.6 Å². The minimum absolute atomic E-state index is 0.165. The van der Waals surface area contributed by atoms with Crippen molar-refractivity contribution in [2.45, 2.75) is 35.6 Å². The topological polar surface area (TPSA) is 23.6 Å². The average molecular weight is 362 g/mol. The number of likely N-dealkylation sites (tertiary alicyclic amines) is 2. The van der Waals surface area contributed by atoms with E-state index in [-0.39, 0.29) is 11.8 Å². The molecule has 2 saturated heterocycles. The molecule has 0 saturated carbocycles. The van der Waals surface area contributed by atoms with Crippen LogP contribution in [0.5, 0.6) is 0 Å². The Morgan fingerprint density at radius 1 is 0.750 bits per heavy atom. The van der Waals surface area contributed by atoms with Crippen molar-refractivity contribution in [1.29, 1.82) is 0 Å². The Hall–Kier alpha value is 0.750. The van der Waals surface area contributed by atoms with Gasteiger partial charge in [0, 0.05) is 38.0 Å². The number of Topliss-reactive ketones (excluding diaryl/α,β-unsaturated/α-hetero) is 1. The molecule has 20 heavy (non-hydrogen) atoms. The highest BCUT2D eigenvalue weighted by molar-refractivity contribution is 6.44. The van der Waals surface area contributed by atoms with Gasteiger partial charge in [0.05, 0.1) is 0 Å². The Labute approximate surface area is 140 Å². The van der Waals surface area contributed by atoms with Crippen molar-refractivity contribution in [1.82, 2.24) is 9.80 Å². The van der Waals surface area contributed by atoms with Crippen molar-refractivity contribution >= 4 is 52.2 Å². The molecule has 116 valence electrons. The second-order valence-corrected chi connectivity index (χ2v) is 7.68. The predicted molar refractivity (Wildman–Crippen MR) is 84.6 cm³/mol. The summed E-state index contributed by atoms with van der Waals surface area (Å²) in [5.41, 5.74) is 0. The van der Waals surface area contributed by atoms with Crippen LogP contribution in [0.4, 0.5) is 0 Å². The van der Waals surface area contributed by atoms with Gasteiger partial charge in [-0.05, 0) is 25.7 Å². The van der Waals surface area contributed by atoms with E-state index >= 15 is 0 Å². The number of hydrogen-bond donors (Lipinski definition) is 0. The number of carbonyl (C=O) groups is 1. The third-order valence-corrected chi connectivity index (χ3v) is 5.52. The molecule has 0 aromatic heterocycles. The van der Waals surface area contributed by atoms with Crippen LogP contribution in [-0.2, 0) is 4.79 Å². The third kappa shape index (κ3) is 4.37. The first-order valence-electron chi connectivity index (χ1n) is 7.07. The van der Waals surface area contributed by atoms with Gasteiger partial charge in [0.25, 0.3) is 0 Å². The highest BCUT2D eigenvalue weighted by atomic mass is 35.5. The second kappa shape index (κ2) is 7.85. The SMILES string of the molecule is O=C(C1CCN(C(Cl)Cl)CC1)C1CCN(C(Cl)Cl)CC1. The molecule has 0 aliphatic carbocycles. The maximum Gasteiger partial charge on any atom is 0.160 e. The van der Waals surface area contributed by atoms with Crippen LogP contribution in [0.3, 0.4) is 0 Å². The van der Waals surface area contributed by atoms with Crippen LogP contribution < -0.4 is 0 Å². The summed E-state index contributed by atoms with van der Waals surface area (Å²) in [6, 6.07) is 0. The minimum Gasteiger partial charge on any atom is -0.299 e.